The fraction of sp³-hybridized carbons (Fsp3) is 0.406. The van der Waals surface area contributed by atoms with E-state index in [0.29, 0.717) is 29.5 Å². The number of nitrogens with zero attached hydrogens (tertiary/aromatic N) is 1. The highest BCUT2D eigenvalue weighted by atomic mass is 16.6. The van der Waals surface area contributed by atoms with Gasteiger partial charge in [-0.05, 0) is 60.3 Å². The first kappa shape index (κ1) is 22.9. The smallest absolute Gasteiger partial charge is 0.311 e. The van der Waals surface area contributed by atoms with Gasteiger partial charge in [-0.25, -0.2) is 0 Å². The van der Waals surface area contributed by atoms with Gasteiger partial charge in [-0.15, -0.1) is 0 Å². The molecule has 6 aliphatic rings. The summed E-state index contributed by atoms with van der Waals surface area (Å²) in [5, 5.41) is 2.47. The Labute approximate surface area is 218 Å². The minimum absolute atomic E-state index is 0.122. The summed E-state index contributed by atoms with van der Waals surface area (Å²) in [7, 11) is 3.96. The number of likely N-dealkylation sites (N-methyl/N-ethyl adjacent to an activating group) is 1. The number of hydrogen-bond acceptors (Lipinski definition) is 5. The van der Waals surface area contributed by atoms with E-state index in [1.807, 2.05) is 37.3 Å². The Kier molecular flexibility index (Phi) is 5.00. The predicted molar refractivity (Wildman–Crippen MR) is 143 cm³/mol. The number of likely N-dealkylation sites (tertiary alicyclic amines) is 1. The van der Waals surface area contributed by atoms with Crippen LogP contribution in [0.3, 0.4) is 0 Å². The van der Waals surface area contributed by atoms with Crippen LogP contribution in [0.5, 0.6) is 17.2 Å². The number of benzene rings is 3. The van der Waals surface area contributed by atoms with Crippen LogP contribution in [-0.4, -0.2) is 43.7 Å². The molecule has 1 saturated heterocycles. The fourth-order valence-electron chi connectivity index (χ4n) is 8.20. The number of rotatable bonds is 3. The van der Waals surface area contributed by atoms with Crippen LogP contribution >= 0.6 is 0 Å². The average molecular weight is 496 g/mol. The Morgan fingerprint density at radius 1 is 1.14 bits per heavy atom. The molecule has 5 atom stereocenters. The summed E-state index contributed by atoms with van der Waals surface area (Å²) in [5.74, 6) is 2.84. The van der Waals surface area contributed by atoms with E-state index in [0.717, 1.165) is 30.9 Å². The van der Waals surface area contributed by atoms with Crippen molar-refractivity contribution in [2.45, 2.75) is 50.2 Å². The van der Waals surface area contributed by atoms with Crippen molar-refractivity contribution in [3.8, 4) is 17.2 Å². The maximum absolute atomic E-state index is 11.9. The second kappa shape index (κ2) is 8.09. The zero-order valence-electron chi connectivity index (χ0n) is 21.7. The number of carbonyl (C=O) groups is 1. The van der Waals surface area contributed by atoms with E-state index in [1.54, 1.807) is 7.11 Å². The first-order valence-corrected chi connectivity index (χ1v) is 13.4. The van der Waals surface area contributed by atoms with E-state index in [4.69, 9.17) is 14.2 Å². The lowest BCUT2D eigenvalue weighted by Crippen LogP contribution is -2.65. The molecule has 190 valence electrons. The number of fused-ring (bicyclic) bond motifs is 2. The third-order valence-electron chi connectivity index (χ3n) is 9.50. The van der Waals surface area contributed by atoms with Crippen LogP contribution in [0.2, 0.25) is 0 Å². The Hall–Kier alpha value is -3.31. The Morgan fingerprint density at radius 2 is 1.97 bits per heavy atom. The standard InChI is InChI=1S/C21H23NO3.C11H10O/c1-3-16(23)24-14-7-6-12-9-13-19-20(11-22(13)2)8-4-5-15-21(19,10-20)17(12)18(14)25-15;1-12-11-7-6-9-4-2-3-5-10(9)8-11/h4,6-8,13,15,19H,3,5,9-11H2,1-2H3;2-8H,1H3/t13?,15-,19?,20?,21?;/m0./s1. The lowest BCUT2D eigenvalue weighted by molar-refractivity contribution is -0.134. The molecule has 4 unspecified atom stereocenters. The van der Waals surface area contributed by atoms with Crippen molar-refractivity contribution in [3.63, 3.8) is 0 Å². The van der Waals surface area contributed by atoms with Gasteiger partial charge < -0.3 is 19.1 Å². The van der Waals surface area contributed by atoms with Crippen LogP contribution in [0.15, 0.2) is 66.7 Å². The van der Waals surface area contributed by atoms with Gasteiger partial charge in [0.25, 0.3) is 0 Å². The lowest BCUT2D eigenvalue weighted by atomic mass is 9.40. The molecule has 2 heterocycles. The van der Waals surface area contributed by atoms with Gasteiger partial charge in [-0.1, -0.05) is 55.5 Å². The van der Waals surface area contributed by atoms with Crippen molar-refractivity contribution in [1.29, 1.82) is 0 Å². The van der Waals surface area contributed by atoms with Crippen molar-refractivity contribution >= 4 is 16.7 Å². The van der Waals surface area contributed by atoms with E-state index in [-0.39, 0.29) is 17.5 Å². The number of esters is 1. The highest BCUT2D eigenvalue weighted by Gasteiger charge is 2.76. The molecule has 4 aliphatic carbocycles. The van der Waals surface area contributed by atoms with Crippen molar-refractivity contribution < 1.29 is 19.0 Å². The molecule has 2 aliphatic heterocycles. The van der Waals surface area contributed by atoms with Gasteiger partial charge in [0.05, 0.1) is 7.11 Å². The Bertz CT molecular complexity index is 1450. The lowest BCUT2D eigenvalue weighted by Gasteiger charge is -2.61. The summed E-state index contributed by atoms with van der Waals surface area (Å²) in [6.45, 7) is 2.99. The van der Waals surface area contributed by atoms with Gasteiger partial charge in [0.15, 0.2) is 11.5 Å². The summed E-state index contributed by atoms with van der Waals surface area (Å²) in [6.07, 6.45) is 8.63. The summed E-state index contributed by atoms with van der Waals surface area (Å²) in [5.41, 5.74) is 3.22. The average Bonchev–Trinajstić information content (AvgIpc) is 3.26. The molecule has 2 bridgehead atoms. The molecule has 2 spiro atoms. The second-order valence-electron chi connectivity index (χ2n) is 11.3. The number of methoxy groups -OCH3 is 1. The fourth-order valence-corrected chi connectivity index (χ4v) is 8.20. The molecular weight excluding hydrogens is 462 g/mol. The molecule has 5 heteroatoms. The molecular formula is C32H33NO4. The largest absolute Gasteiger partial charge is 0.497 e. The van der Waals surface area contributed by atoms with Crippen molar-refractivity contribution in [1.82, 2.24) is 4.90 Å². The van der Waals surface area contributed by atoms with Crippen molar-refractivity contribution in [3.05, 3.63) is 77.9 Å². The molecule has 3 aromatic carbocycles. The Morgan fingerprint density at radius 3 is 2.78 bits per heavy atom. The SMILES string of the molecule is CCC(=O)Oc1ccc2c3c1O[C@H]1CC=CC45CN(C)C(C2)C4C31C5.COc1ccc2ccccc2c1. The van der Waals surface area contributed by atoms with E-state index >= 15 is 0 Å². The first-order chi connectivity index (χ1) is 18.0. The molecule has 37 heavy (non-hydrogen) atoms. The van der Waals surface area contributed by atoms with Crippen molar-refractivity contribution in [2.24, 2.45) is 11.3 Å². The summed E-state index contributed by atoms with van der Waals surface area (Å²) < 4.78 is 17.2. The van der Waals surface area contributed by atoms with E-state index in [9.17, 15) is 4.79 Å². The highest BCUT2D eigenvalue weighted by molar-refractivity contribution is 5.83. The van der Waals surface area contributed by atoms with E-state index < -0.39 is 0 Å². The predicted octanol–water partition coefficient (Wildman–Crippen LogP) is 5.69. The second-order valence-corrected chi connectivity index (χ2v) is 11.3. The summed E-state index contributed by atoms with van der Waals surface area (Å²) in [6, 6.07) is 19.0. The normalized spacial score (nSPS) is 31.4. The number of carbonyl (C=O) groups excluding carboxylic acids is 1. The van der Waals surface area contributed by atoms with Gasteiger partial charge >= 0.3 is 5.97 Å². The van der Waals surface area contributed by atoms with E-state index in [2.05, 4.69) is 48.4 Å². The van der Waals surface area contributed by atoms with Gasteiger partial charge in [-0.2, -0.15) is 0 Å². The molecule has 1 saturated carbocycles. The van der Waals surface area contributed by atoms with Crippen molar-refractivity contribution in [2.75, 3.05) is 20.7 Å². The van der Waals surface area contributed by atoms with Gasteiger partial charge in [-0.3, -0.25) is 4.79 Å². The molecule has 0 N–H and O–H groups in total. The van der Waals surface area contributed by atoms with Gasteiger partial charge in [0.1, 0.15) is 11.9 Å². The molecule has 0 radical (unpaired) electrons. The van der Waals surface area contributed by atoms with Gasteiger partial charge in [0.2, 0.25) is 0 Å². The molecule has 0 amide bonds. The molecule has 5 nitrogen and oxygen atoms in total. The van der Waals surface area contributed by atoms with Crippen LogP contribution in [-0.2, 0) is 16.6 Å². The molecule has 3 aromatic rings. The van der Waals surface area contributed by atoms with Crippen LogP contribution in [0, 0.1) is 11.3 Å². The molecule has 9 rings (SSSR count). The van der Waals surface area contributed by atoms with Crippen LogP contribution < -0.4 is 14.2 Å². The van der Waals surface area contributed by atoms with Crippen LogP contribution in [0.1, 0.15) is 37.3 Å². The third kappa shape index (κ3) is 3.10. The minimum atomic E-state index is -0.193. The zero-order valence-corrected chi connectivity index (χ0v) is 21.7. The monoisotopic (exact) mass is 495 g/mol. The number of hydrogen-bond donors (Lipinski definition) is 0. The quantitative estimate of drug-likeness (QED) is 0.266. The summed E-state index contributed by atoms with van der Waals surface area (Å²) in [4.78, 5) is 14.4. The van der Waals surface area contributed by atoms with E-state index in [1.165, 1.54) is 28.3 Å². The molecule has 0 aromatic heterocycles. The zero-order chi connectivity index (χ0) is 25.4. The highest BCUT2D eigenvalue weighted by Crippen LogP contribution is 2.75. The first-order valence-electron chi connectivity index (χ1n) is 13.4. The maximum atomic E-state index is 11.9. The third-order valence-corrected chi connectivity index (χ3v) is 9.50. The van der Waals surface area contributed by atoms with Crippen LogP contribution in [0.25, 0.3) is 10.8 Å². The van der Waals surface area contributed by atoms with Crippen LogP contribution in [0.4, 0.5) is 0 Å². The minimum Gasteiger partial charge on any atom is -0.497 e. The maximum Gasteiger partial charge on any atom is 0.311 e. The number of ether oxygens (including phenoxy) is 3. The molecule has 2 fully saturated rings. The summed E-state index contributed by atoms with van der Waals surface area (Å²) >= 11 is 0. The van der Waals surface area contributed by atoms with Gasteiger partial charge in [0, 0.05) is 41.8 Å². The topological polar surface area (TPSA) is 48.0 Å². The Balaban J connectivity index is 0.000000162.